The number of hydrogen-bond donors (Lipinski definition) is 1. The van der Waals surface area contributed by atoms with Crippen LogP contribution < -0.4 is 4.74 Å². The summed E-state index contributed by atoms with van der Waals surface area (Å²) in [6.45, 7) is 2.17. The lowest BCUT2D eigenvalue weighted by molar-refractivity contribution is -0.384. The largest absolute Gasteiger partial charge is 0.508 e. The highest BCUT2D eigenvalue weighted by molar-refractivity contribution is 5.69. The van der Waals surface area contributed by atoms with Crippen LogP contribution in [0, 0.1) is 10.1 Å². The molecule has 32 heavy (non-hydrogen) atoms. The summed E-state index contributed by atoms with van der Waals surface area (Å²) < 4.78 is 5.81. The van der Waals surface area contributed by atoms with Gasteiger partial charge in [0.25, 0.3) is 5.69 Å². The fourth-order valence-electron chi connectivity index (χ4n) is 3.71. The number of phenolic OH excluding ortho intramolecular Hbond substituents is 1. The van der Waals surface area contributed by atoms with Gasteiger partial charge in [0, 0.05) is 12.1 Å². The summed E-state index contributed by atoms with van der Waals surface area (Å²) >= 11 is 0. The standard InChI is InChI=1S/C27H23NO4/c1-19(17-22-7-12-24(29)18-27(22)21-5-3-2-4-6-21)20-8-13-25(14-9-20)32-26-15-10-23(11-16-26)28(30)31/h2-16,18-19,29H,17H2,1H3. The van der Waals surface area contributed by atoms with Crippen LogP contribution in [0.5, 0.6) is 17.2 Å². The summed E-state index contributed by atoms with van der Waals surface area (Å²) in [6, 6.07) is 29.5. The fourth-order valence-corrected chi connectivity index (χ4v) is 3.71. The lowest BCUT2D eigenvalue weighted by Crippen LogP contribution is -2.00. The molecule has 4 aromatic carbocycles. The van der Waals surface area contributed by atoms with E-state index in [0.29, 0.717) is 11.5 Å². The monoisotopic (exact) mass is 425 g/mol. The van der Waals surface area contributed by atoms with Crippen LogP contribution in [0.4, 0.5) is 5.69 Å². The van der Waals surface area contributed by atoms with Gasteiger partial charge in [0.15, 0.2) is 0 Å². The van der Waals surface area contributed by atoms with Crippen molar-refractivity contribution in [3.8, 4) is 28.4 Å². The number of aromatic hydroxyl groups is 1. The zero-order valence-electron chi connectivity index (χ0n) is 17.6. The zero-order chi connectivity index (χ0) is 22.5. The molecule has 0 spiro atoms. The maximum Gasteiger partial charge on any atom is 0.269 e. The molecule has 0 saturated carbocycles. The molecule has 0 amide bonds. The lowest BCUT2D eigenvalue weighted by atomic mass is 9.89. The van der Waals surface area contributed by atoms with Crippen LogP contribution in [-0.2, 0) is 6.42 Å². The maximum atomic E-state index is 10.8. The molecule has 0 bridgehead atoms. The minimum absolute atomic E-state index is 0.0330. The Labute approximate surface area is 186 Å². The second kappa shape index (κ2) is 9.35. The number of rotatable bonds is 7. The van der Waals surface area contributed by atoms with Crippen molar-refractivity contribution in [2.24, 2.45) is 0 Å². The number of nitro groups is 1. The van der Waals surface area contributed by atoms with E-state index in [1.807, 2.05) is 66.7 Å². The molecule has 0 aliphatic heterocycles. The van der Waals surface area contributed by atoms with Gasteiger partial charge in [-0.15, -0.1) is 0 Å². The van der Waals surface area contributed by atoms with E-state index in [4.69, 9.17) is 4.74 Å². The van der Waals surface area contributed by atoms with Gasteiger partial charge in [0.1, 0.15) is 17.2 Å². The number of benzene rings is 4. The van der Waals surface area contributed by atoms with Crippen LogP contribution in [0.2, 0.25) is 0 Å². The van der Waals surface area contributed by atoms with Gasteiger partial charge < -0.3 is 9.84 Å². The van der Waals surface area contributed by atoms with Gasteiger partial charge in [-0.25, -0.2) is 0 Å². The number of hydrogen-bond acceptors (Lipinski definition) is 4. The average Bonchev–Trinajstić information content (AvgIpc) is 2.81. The Balaban J connectivity index is 1.48. The van der Waals surface area contributed by atoms with Crippen molar-refractivity contribution in [1.29, 1.82) is 0 Å². The Morgan fingerprint density at radius 2 is 1.50 bits per heavy atom. The summed E-state index contributed by atoms with van der Waals surface area (Å²) in [5.74, 6) is 1.74. The van der Waals surface area contributed by atoms with Crippen molar-refractivity contribution in [1.82, 2.24) is 0 Å². The van der Waals surface area contributed by atoms with Crippen molar-refractivity contribution in [3.05, 3.63) is 118 Å². The highest BCUT2D eigenvalue weighted by atomic mass is 16.6. The van der Waals surface area contributed by atoms with Gasteiger partial charge in [-0.2, -0.15) is 0 Å². The zero-order valence-corrected chi connectivity index (χ0v) is 17.6. The van der Waals surface area contributed by atoms with E-state index in [0.717, 1.165) is 17.5 Å². The first-order valence-electron chi connectivity index (χ1n) is 10.4. The molecule has 0 aliphatic rings. The van der Waals surface area contributed by atoms with Crippen LogP contribution in [0.3, 0.4) is 0 Å². The summed E-state index contributed by atoms with van der Waals surface area (Å²) in [5.41, 5.74) is 4.50. The van der Waals surface area contributed by atoms with Gasteiger partial charge >= 0.3 is 0 Å². The van der Waals surface area contributed by atoms with Crippen LogP contribution >= 0.6 is 0 Å². The first-order valence-corrected chi connectivity index (χ1v) is 10.4. The summed E-state index contributed by atoms with van der Waals surface area (Å²) in [4.78, 5) is 10.3. The summed E-state index contributed by atoms with van der Waals surface area (Å²) in [6.07, 6.45) is 0.826. The molecule has 0 aliphatic carbocycles. The van der Waals surface area contributed by atoms with E-state index in [-0.39, 0.29) is 17.4 Å². The van der Waals surface area contributed by atoms with Crippen LogP contribution in [0.15, 0.2) is 97.1 Å². The summed E-state index contributed by atoms with van der Waals surface area (Å²) in [5, 5.41) is 20.8. The number of phenols is 1. The molecule has 160 valence electrons. The van der Waals surface area contributed by atoms with E-state index >= 15 is 0 Å². The van der Waals surface area contributed by atoms with Gasteiger partial charge in [0.05, 0.1) is 4.92 Å². The number of nitrogens with zero attached hydrogens (tertiary/aromatic N) is 1. The number of non-ortho nitro benzene ring substituents is 1. The maximum absolute atomic E-state index is 10.8. The van der Waals surface area contributed by atoms with Gasteiger partial charge in [-0.3, -0.25) is 10.1 Å². The van der Waals surface area contributed by atoms with Crippen LogP contribution in [-0.4, -0.2) is 10.0 Å². The highest BCUT2D eigenvalue weighted by Crippen LogP contribution is 2.32. The van der Waals surface area contributed by atoms with Crippen LogP contribution in [0.25, 0.3) is 11.1 Å². The first-order chi connectivity index (χ1) is 15.5. The molecule has 5 heteroatoms. The Bertz CT molecular complexity index is 1200. The van der Waals surface area contributed by atoms with E-state index in [1.54, 1.807) is 18.2 Å². The summed E-state index contributed by atoms with van der Waals surface area (Å²) in [7, 11) is 0. The molecule has 4 aromatic rings. The van der Waals surface area contributed by atoms with Crippen molar-refractivity contribution >= 4 is 5.69 Å². The third-order valence-corrected chi connectivity index (χ3v) is 5.44. The molecule has 0 fully saturated rings. The number of ether oxygens (including phenoxy) is 1. The predicted octanol–water partition coefficient (Wildman–Crippen LogP) is 7.11. The molecule has 1 N–H and O–H groups in total. The molecule has 0 saturated heterocycles. The smallest absolute Gasteiger partial charge is 0.269 e. The minimum atomic E-state index is -0.433. The topological polar surface area (TPSA) is 72.6 Å². The Morgan fingerprint density at radius 1 is 0.875 bits per heavy atom. The molecule has 0 radical (unpaired) electrons. The SMILES string of the molecule is CC(Cc1ccc(O)cc1-c1ccccc1)c1ccc(Oc2ccc([N+](=O)[O-])cc2)cc1. The van der Waals surface area contributed by atoms with Gasteiger partial charge in [-0.1, -0.05) is 55.5 Å². The van der Waals surface area contributed by atoms with Crippen molar-refractivity contribution in [3.63, 3.8) is 0 Å². The molecule has 1 atom stereocenters. The number of nitro benzene ring substituents is 1. The second-order valence-electron chi connectivity index (χ2n) is 7.73. The lowest BCUT2D eigenvalue weighted by Gasteiger charge is -2.16. The molecule has 1 unspecified atom stereocenters. The third kappa shape index (κ3) is 4.95. The molecular formula is C27H23NO4. The molecule has 0 aromatic heterocycles. The van der Waals surface area contributed by atoms with Gasteiger partial charge in [-0.05, 0) is 71.0 Å². The molecule has 0 heterocycles. The molecule has 4 rings (SSSR count). The second-order valence-corrected chi connectivity index (χ2v) is 7.73. The van der Waals surface area contributed by atoms with E-state index in [9.17, 15) is 15.2 Å². The van der Waals surface area contributed by atoms with Crippen molar-refractivity contribution in [2.45, 2.75) is 19.3 Å². The van der Waals surface area contributed by atoms with Crippen molar-refractivity contribution in [2.75, 3.05) is 0 Å². The highest BCUT2D eigenvalue weighted by Gasteiger charge is 2.13. The van der Waals surface area contributed by atoms with E-state index in [1.165, 1.54) is 23.3 Å². The van der Waals surface area contributed by atoms with E-state index in [2.05, 4.69) is 6.92 Å². The van der Waals surface area contributed by atoms with Gasteiger partial charge in [0.2, 0.25) is 0 Å². The Hall–Kier alpha value is -4.12. The molecular weight excluding hydrogens is 402 g/mol. The third-order valence-electron chi connectivity index (χ3n) is 5.44. The van der Waals surface area contributed by atoms with Crippen molar-refractivity contribution < 1.29 is 14.8 Å². The van der Waals surface area contributed by atoms with E-state index < -0.39 is 4.92 Å². The fraction of sp³-hybridized carbons (Fsp3) is 0.111. The minimum Gasteiger partial charge on any atom is -0.508 e. The quantitative estimate of drug-likeness (QED) is 0.253. The Kier molecular flexibility index (Phi) is 6.17. The normalized spacial score (nSPS) is 11.7. The van der Waals surface area contributed by atoms with Crippen LogP contribution in [0.1, 0.15) is 24.0 Å². The molecule has 5 nitrogen and oxygen atoms in total. The average molecular weight is 425 g/mol. The Morgan fingerprint density at radius 3 is 2.12 bits per heavy atom. The predicted molar refractivity (Wildman–Crippen MR) is 125 cm³/mol. The first kappa shape index (κ1) is 21.1.